The van der Waals surface area contributed by atoms with Crippen LogP contribution in [0.1, 0.15) is 35.2 Å². The second-order valence-corrected chi connectivity index (χ2v) is 4.92. The zero-order chi connectivity index (χ0) is 15.2. The van der Waals surface area contributed by atoms with Crippen LogP contribution < -0.4 is 10.9 Å². The number of carbonyl (C=O) groups is 1. The summed E-state index contributed by atoms with van der Waals surface area (Å²) >= 11 is 0. The number of amides is 1. The first-order valence-electron chi connectivity index (χ1n) is 7.09. The van der Waals surface area contributed by atoms with Crippen LogP contribution in [0.15, 0.2) is 29.3 Å². The van der Waals surface area contributed by atoms with Crippen molar-refractivity contribution in [3.05, 3.63) is 52.0 Å². The highest BCUT2D eigenvalue weighted by molar-refractivity contribution is 5.94. The first-order chi connectivity index (χ1) is 10.1. The maximum absolute atomic E-state index is 12.0. The van der Waals surface area contributed by atoms with Gasteiger partial charge in [0.1, 0.15) is 5.82 Å². The summed E-state index contributed by atoms with van der Waals surface area (Å²) in [5.74, 6) is 0.831. The largest absolute Gasteiger partial charge is 0.352 e. The molecule has 0 saturated carbocycles. The Morgan fingerprint density at radius 3 is 2.95 bits per heavy atom. The van der Waals surface area contributed by atoms with Crippen LogP contribution in [0.2, 0.25) is 0 Å². The van der Waals surface area contributed by atoms with Crippen molar-refractivity contribution in [2.45, 2.75) is 33.2 Å². The van der Waals surface area contributed by atoms with Gasteiger partial charge in [-0.3, -0.25) is 9.59 Å². The molecule has 2 aromatic rings. The summed E-state index contributed by atoms with van der Waals surface area (Å²) in [6.45, 7) is 5.20. The highest BCUT2D eigenvalue weighted by Crippen LogP contribution is 2.01. The number of hydrogen-bond donors (Lipinski definition) is 2. The molecule has 0 bridgehead atoms. The molecule has 0 saturated heterocycles. The number of aromatic amines is 1. The number of pyridine rings is 1. The Bertz CT molecular complexity index is 672. The van der Waals surface area contributed by atoms with Gasteiger partial charge in [0.05, 0.1) is 0 Å². The molecule has 0 aliphatic carbocycles. The molecule has 21 heavy (non-hydrogen) atoms. The molecule has 6 nitrogen and oxygen atoms in total. The zero-order valence-electron chi connectivity index (χ0n) is 12.3. The lowest BCUT2D eigenvalue weighted by Crippen LogP contribution is -2.26. The van der Waals surface area contributed by atoms with Gasteiger partial charge in [-0.2, -0.15) is 0 Å². The standard InChI is InChI=1S/C15H20N4O2/c1-3-13-16-6-8-19(13)7-4-5-17-15(21)12-9-11(2)18-14(20)10-12/h6,8-10H,3-5,7H2,1-2H3,(H,17,21)(H,18,20). The topological polar surface area (TPSA) is 79.8 Å². The van der Waals surface area contributed by atoms with Crippen molar-refractivity contribution in [1.82, 2.24) is 19.9 Å². The Kier molecular flexibility index (Phi) is 4.92. The van der Waals surface area contributed by atoms with Gasteiger partial charge in [0, 0.05) is 49.2 Å². The van der Waals surface area contributed by atoms with E-state index in [9.17, 15) is 9.59 Å². The summed E-state index contributed by atoms with van der Waals surface area (Å²) in [5.41, 5.74) is 0.818. The Hall–Kier alpha value is -2.37. The lowest BCUT2D eigenvalue weighted by Gasteiger charge is -2.08. The van der Waals surface area contributed by atoms with Gasteiger partial charge in [0.15, 0.2) is 0 Å². The normalized spacial score (nSPS) is 10.6. The maximum atomic E-state index is 12.0. The van der Waals surface area contributed by atoms with Gasteiger partial charge in [-0.25, -0.2) is 4.98 Å². The minimum absolute atomic E-state index is 0.217. The summed E-state index contributed by atoms with van der Waals surface area (Å²) in [6.07, 6.45) is 5.44. The van der Waals surface area contributed by atoms with E-state index in [4.69, 9.17) is 0 Å². The molecule has 2 N–H and O–H groups in total. The number of carbonyl (C=O) groups excluding carboxylic acids is 1. The summed E-state index contributed by atoms with van der Waals surface area (Å²) in [7, 11) is 0. The Morgan fingerprint density at radius 2 is 2.24 bits per heavy atom. The van der Waals surface area contributed by atoms with Gasteiger partial charge >= 0.3 is 0 Å². The van der Waals surface area contributed by atoms with Crippen molar-refractivity contribution in [1.29, 1.82) is 0 Å². The fourth-order valence-electron chi connectivity index (χ4n) is 2.23. The zero-order valence-corrected chi connectivity index (χ0v) is 12.3. The van der Waals surface area contributed by atoms with E-state index in [2.05, 4.69) is 26.8 Å². The molecule has 0 aromatic carbocycles. The Balaban J connectivity index is 1.83. The SMILES string of the molecule is CCc1nccn1CCCNC(=O)c1cc(C)[nH]c(=O)c1. The van der Waals surface area contributed by atoms with Crippen molar-refractivity contribution in [2.75, 3.05) is 6.54 Å². The molecule has 0 fully saturated rings. The highest BCUT2D eigenvalue weighted by Gasteiger charge is 2.06. The number of hydrogen-bond acceptors (Lipinski definition) is 3. The molecule has 112 valence electrons. The molecule has 0 radical (unpaired) electrons. The molecule has 6 heteroatoms. The average molecular weight is 288 g/mol. The van der Waals surface area contributed by atoms with Crippen LogP contribution in [0.4, 0.5) is 0 Å². The molecule has 2 rings (SSSR count). The first kappa shape index (κ1) is 15.0. The van der Waals surface area contributed by atoms with Crippen LogP contribution in [-0.4, -0.2) is 27.0 Å². The van der Waals surface area contributed by atoms with E-state index in [1.165, 1.54) is 6.07 Å². The van der Waals surface area contributed by atoms with E-state index >= 15 is 0 Å². The average Bonchev–Trinajstić information content (AvgIpc) is 2.89. The Morgan fingerprint density at radius 1 is 1.43 bits per heavy atom. The van der Waals surface area contributed by atoms with E-state index in [1.807, 2.05) is 6.20 Å². The van der Waals surface area contributed by atoms with Crippen LogP contribution in [-0.2, 0) is 13.0 Å². The van der Waals surface area contributed by atoms with Gasteiger partial charge in [-0.05, 0) is 19.4 Å². The molecule has 0 aliphatic rings. The monoisotopic (exact) mass is 288 g/mol. The maximum Gasteiger partial charge on any atom is 0.251 e. The van der Waals surface area contributed by atoms with E-state index in [-0.39, 0.29) is 11.5 Å². The van der Waals surface area contributed by atoms with Crippen molar-refractivity contribution < 1.29 is 4.79 Å². The third kappa shape index (κ3) is 4.05. The van der Waals surface area contributed by atoms with Gasteiger partial charge in [0.25, 0.3) is 5.91 Å². The number of aryl methyl sites for hydroxylation is 3. The number of rotatable bonds is 6. The minimum Gasteiger partial charge on any atom is -0.352 e. The fourth-order valence-corrected chi connectivity index (χ4v) is 2.23. The molecule has 0 aliphatic heterocycles. The lowest BCUT2D eigenvalue weighted by molar-refractivity contribution is 0.0952. The van der Waals surface area contributed by atoms with Gasteiger partial charge < -0.3 is 14.9 Å². The summed E-state index contributed by atoms with van der Waals surface area (Å²) in [4.78, 5) is 30.1. The van der Waals surface area contributed by atoms with E-state index in [0.29, 0.717) is 17.8 Å². The first-order valence-corrected chi connectivity index (χ1v) is 7.09. The van der Waals surface area contributed by atoms with Crippen molar-refractivity contribution in [3.63, 3.8) is 0 Å². The minimum atomic E-state index is -0.258. The van der Waals surface area contributed by atoms with Gasteiger partial charge in [0.2, 0.25) is 5.56 Å². The predicted molar refractivity (Wildman–Crippen MR) is 80.4 cm³/mol. The van der Waals surface area contributed by atoms with Crippen molar-refractivity contribution in [3.8, 4) is 0 Å². The Labute approximate surface area is 123 Å². The lowest BCUT2D eigenvalue weighted by atomic mass is 10.2. The summed E-state index contributed by atoms with van der Waals surface area (Å²) in [5, 5.41) is 2.83. The van der Waals surface area contributed by atoms with E-state index < -0.39 is 0 Å². The van der Waals surface area contributed by atoms with Gasteiger partial charge in [-0.15, -0.1) is 0 Å². The number of nitrogens with one attached hydrogen (secondary N) is 2. The predicted octanol–water partition coefficient (Wildman–Crippen LogP) is 1.26. The van der Waals surface area contributed by atoms with Crippen molar-refractivity contribution in [2.24, 2.45) is 0 Å². The van der Waals surface area contributed by atoms with E-state index in [1.54, 1.807) is 19.2 Å². The van der Waals surface area contributed by atoms with Gasteiger partial charge in [-0.1, -0.05) is 6.92 Å². The van der Waals surface area contributed by atoms with Crippen LogP contribution in [0, 0.1) is 6.92 Å². The molecule has 1 amide bonds. The fraction of sp³-hybridized carbons (Fsp3) is 0.400. The third-order valence-corrected chi connectivity index (χ3v) is 3.22. The second kappa shape index (κ2) is 6.88. The summed E-state index contributed by atoms with van der Waals surface area (Å²) in [6, 6.07) is 2.98. The molecule has 2 heterocycles. The number of aromatic nitrogens is 3. The number of imidazole rings is 1. The third-order valence-electron chi connectivity index (χ3n) is 3.22. The number of H-pyrrole nitrogens is 1. The molecule has 2 aromatic heterocycles. The molecule has 0 atom stereocenters. The summed E-state index contributed by atoms with van der Waals surface area (Å²) < 4.78 is 2.09. The smallest absolute Gasteiger partial charge is 0.251 e. The molecule has 0 unspecified atom stereocenters. The molecule has 0 spiro atoms. The van der Waals surface area contributed by atoms with E-state index in [0.717, 1.165) is 25.2 Å². The van der Waals surface area contributed by atoms with Crippen LogP contribution in [0.25, 0.3) is 0 Å². The van der Waals surface area contributed by atoms with Crippen LogP contribution in [0.3, 0.4) is 0 Å². The highest BCUT2D eigenvalue weighted by atomic mass is 16.2. The molecular formula is C15H20N4O2. The van der Waals surface area contributed by atoms with Crippen LogP contribution >= 0.6 is 0 Å². The number of nitrogens with zero attached hydrogens (tertiary/aromatic N) is 2. The second-order valence-electron chi connectivity index (χ2n) is 4.92. The van der Waals surface area contributed by atoms with Crippen molar-refractivity contribution >= 4 is 5.91 Å². The van der Waals surface area contributed by atoms with Crippen LogP contribution in [0.5, 0.6) is 0 Å². The molecular weight excluding hydrogens is 268 g/mol. The quantitative estimate of drug-likeness (QED) is 0.785.